The van der Waals surface area contributed by atoms with Crippen molar-refractivity contribution in [2.24, 2.45) is 0 Å². The molecule has 0 aliphatic heterocycles. The number of nitrogens with one attached hydrogen (secondary N) is 1. The second kappa shape index (κ2) is 6.84. The lowest BCUT2D eigenvalue weighted by molar-refractivity contribution is 0.354. The van der Waals surface area contributed by atoms with E-state index in [9.17, 15) is 8.42 Å². The summed E-state index contributed by atoms with van der Waals surface area (Å²) >= 11 is 3.28. The molecule has 0 saturated carbocycles. The average Bonchev–Trinajstić information content (AvgIpc) is 3.06. The van der Waals surface area contributed by atoms with E-state index >= 15 is 0 Å². The van der Waals surface area contributed by atoms with Crippen LogP contribution in [0.3, 0.4) is 0 Å². The molecule has 3 rings (SSSR count). The minimum Gasteiger partial charge on any atom is -0.337 e. The Kier molecular flexibility index (Phi) is 4.79. The smallest absolute Gasteiger partial charge is 0.244 e. The quantitative estimate of drug-likeness (QED) is 0.698. The van der Waals surface area contributed by atoms with E-state index in [0.29, 0.717) is 5.82 Å². The predicted molar refractivity (Wildman–Crippen MR) is 92.6 cm³/mol. The zero-order valence-corrected chi connectivity index (χ0v) is 15.1. The fraction of sp³-hybridized carbons (Fsp3) is 0.125. The Morgan fingerprint density at radius 2 is 1.75 bits per heavy atom. The van der Waals surface area contributed by atoms with Gasteiger partial charge in [-0.3, -0.25) is 0 Å². The van der Waals surface area contributed by atoms with Gasteiger partial charge >= 0.3 is 0 Å². The van der Waals surface area contributed by atoms with Gasteiger partial charge in [0.1, 0.15) is 0 Å². The lowest BCUT2D eigenvalue weighted by atomic mass is 10.2. The van der Waals surface area contributed by atoms with Crippen molar-refractivity contribution in [2.45, 2.75) is 17.9 Å². The lowest BCUT2D eigenvalue weighted by Gasteiger charge is -2.10. The zero-order valence-electron chi connectivity index (χ0n) is 12.7. The summed E-state index contributed by atoms with van der Waals surface area (Å²) in [5.74, 6) is 0.620. The molecule has 1 aromatic heterocycles. The minimum absolute atomic E-state index is 0.167. The third-order valence-corrected chi connectivity index (χ3v) is 5.39. The summed E-state index contributed by atoms with van der Waals surface area (Å²) in [5.41, 5.74) is 0.801. The monoisotopic (exact) mass is 407 g/mol. The molecule has 0 amide bonds. The molecule has 0 saturated heterocycles. The van der Waals surface area contributed by atoms with E-state index in [0.717, 1.165) is 10.0 Å². The van der Waals surface area contributed by atoms with Crippen LogP contribution in [0.4, 0.5) is 0 Å². The topological polar surface area (TPSA) is 85.1 Å². The van der Waals surface area contributed by atoms with Gasteiger partial charge in [0.05, 0.1) is 10.9 Å². The summed E-state index contributed by atoms with van der Waals surface area (Å²) in [7, 11) is -3.68. The summed E-state index contributed by atoms with van der Waals surface area (Å²) in [4.78, 5) is 4.43. The van der Waals surface area contributed by atoms with Gasteiger partial charge in [-0.25, -0.2) is 8.42 Å². The molecule has 1 unspecified atom stereocenters. The molecule has 1 atom stereocenters. The van der Waals surface area contributed by atoms with Crippen LogP contribution in [-0.4, -0.2) is 18.6 Å². The van der Waals surface area contributed by atoms with Crippen molar-refractivity contribution >= 4 is 26.0 Å². The highest BCUT2D eigenvalue weighted by atomic mass is 79.9. The van der Waals surface area contributed by atoms with Gasteiger partial charge in [0.25, 0.3) is 0 Å². The van der Waals surface area contributed by atoms with Crippen LogP contribution in [0.25, 0.3) is 11.4 Å². The highest BCUT2D eigenvalue weighted by Crippen LogP contribution is 2.21. The standard InChI is InChI=1S/C16H14BrN3O3S/c1-11(20-24(21,22)14-9-7-13(17)8-10-14)16-18-15(19-23-16)12-5-3-2-4-6-12/h2-11,20H,1H3. The van der Waals surface area contributed by atoms with Crippen molar-refractivity contribution < 1.29 is 12.9 Å². The first-order chi connectivity index (χ1) is 11.5. The summed E-state index contributed by atoms with van der Waals surface area (Å²) < 4.78 is 33.3. The molecule has 2 aromatic carbocycles. The number of nitrogens with zero attached hydrogens (tertiary/aromatic N) is 2. The number of hydrogen-bond acceptors (Lipinski definition) is 5. The summed E-state index contributed by atoms with van der Waals surface area (Å²) in [5, 5.41) is 3.89. The van der Waals surface area contributed by atoms with Gasteiger partial charge in [-0.15, -0.1) is 0 Å². The van der Waals surface area contributed by atoms with Crippen molar-refractivity contribution in [2.75, 3.05) is 0 Å². The van der Waals surface area contributed by atoms with E-state index in [1.165, 1.54) is 12.1 Å². The number of benzene rings is 2. The number of hydrogen-bond donors (Lipinski definition) is 1. The molecule has 3 aromatic rings. The fourth-order valence-corrected chi connectivity index (χ4v) is 3.54. The Labute approximate surface area is 148 Å². The normalized spacial score (nSPS) is 12.9. The summed E-state index contributed by atoms with van der Waals surface area (Å²) in [6, 6.07) is 15.0. The van der Waals surface area contributed by atoms with Gasteiger partial charge in [0.15, 0.2) is 0 Å². The Hall–Kier alpha value is -2.03. The number of halogens is 1. The van der Waals surface area contributed by atoms with Crippen LogP contribution in [0.1, 0.15) is 18.9 Å². The SMILES string of the molecule is CC(NS(=O)(=O)c1ccc(Br)cc1)c1nc(-c2ccccc2)no1. The van der Waals surface area contributed by atoms with Crippen molar-refractivity contribution in [3.8, 4) is 11.4 Å². The van der Waals surface area contributed by atoms with Crippen molar-refractivity contribution in [3.63, 3.8) is 0 Å². The summed E-state index contributed by atoms with van der Waals surface area (Å²) in [6.07, 6.45) is 0. The van der Waals surface area contributed by atoms with Crippen LogP contribution < -0.4 is 4.72 Å². The van der Waals surface area contributed by atoms with Crippen LogP contribution in [0.5, 0.6) is 0 Å². The molecule has 124 valence electrons. The predicted octanol–water partition coefficient (Wildman–Crippen LogP) is 3.54. The van der Waals surface area contributed by atoms with Crippen LogP contribution in [-0.2, 0) is 10.0 Å². The number of aromatic nitrogens is 2. The molecule has 0 fully saturated rings. The molecule has 0 radical (unpaired) electrons. The van der Waals surface area contributed by atoms with Gasteiger partial charge in [-0.2, -0.15) is 9.71 Å². The van der Waals surface area contributed by atoms with Crippen molar-refractivity contribution in [3.05, 3.63) is 65.0 Å². The van der Waals surface area contributed by atoms with E-state index in [2.05, 4.69) is 30.8 Å². The van der Waals surface area contributed by atoms with E-state index in [1.807, 2.05) is 30.3 Å². The van der Waals surface area contributed by atoms with Gasteiger partial charge in [0.2, 0.25) is 21.7 Å². The number of sulfonamides is 1. The Morgan fingerprint density at radius 1 is 1.08 bits per heavy atom. The highest BCUT2D eigenvalue weighted by Gasteiger charge is 2.22. The van der Waals surface area contributed by atoms with Crippen molar-refractivity contribution in [1.82, 2.24) is 14.9 Å². The first-order valence-corrected chi connectivity index (χ1v) is 9.40. The van der Waals surface area contributed by atoms with Crippen LogP contribution in [0.2, 0.25) is 0 Å². The highest BCUT2D eigenvalue weighted by molar-refractivity contribution is 9.10. The second-order valence-electron chi connectivity index (χ2n) is 5.12. The van der Waals surface area contributed by atoms with Gasteiger partial charge in [-0.1, -0.05) is 51.4 Å². The Bertz CT molecular complexity index is 925. The van der Waals surface area contributed by atoms with Gasteiger partial charge < -0.3 is 4.52 Å². The molecule has 0 aliphatic carbocycles. The minimum atomic E-state index is -3.68. The molecule has 0 spiro atoms. The Morgan fingerprint density at radius 3 is 2.42 bits per heavy atom. The van der Waals surface area contributed by atoms with Crippen LogP contribution >= 0.6 is 15.9 Å². The molecule has 1 N–H and O–H groups in total. The maximum Gasteiger partial charge on any atom is 0.244 e. The maximum atomic E-state index is 12.4. The van der Waals surface area contributed by atoms with Crippen molar-refractivity contribution in [1.29, 1.82) is 0 Å². The molecule has 24 heavy (non-hydrogen) atoms. The molecule has 6 nitrogen and oxygen atoms in total. The van der Waals surface area contributed by atoms with Gasteiger partial charge in [0, 0.05) is 10.0 Å². The third-order valence-electron chi connectivity index (χ3n) is 3.30. The maximum absolute atomic E-state index is 12.4. The zero-order chi connectivity index (χ0) is 17.2. The second-order valence-corrected chi connectivity index (χ2v) is 7.75. The first-order valence-electron chi connectivity index (χ1n) is 7.12. The Balaban J connectivity index is 1.79. The average molecular weight is 408 g/mol. The molecular formula is C16H14BrN3O3S. The van der Waals surface area contributed by atoms with E-state index in [4.69, 9.17) is 4.52 Å². The van der Waals surface area contributed by atoms with E-state index in [1.54, 1.807) is 19.1 Å². The van der Waals surface area contributed by atoms with E-state index in [-0.39, 0.29) is 10.8 Å². The van der Waals surface area contributed by atoms with Crippen LogP contribution in [0, 0.1) is 0 Å². The summed E-state index contributed by atoms with van der Waals surface area (Å²) in [6.45, 7) is 1.65. The first kappa shape index (κ1) is 16.8. The fourth-order valence-electron chi connectivity index (χ4n) is 2.08. The van der Waals surface area contributed by atoms with Gasteiger partial charge in [-0.05, 0) is 31.2 Å². The molecule has 0 bridgehead atoms. The molecular weight excluding hydrogens is 394 g/mol. The van der Waals surface area contributed by atoms with E-state index < -0.39 is 16.1 Å². The third kappa shape index (κ3) is 3.72. The largest absolute Gasteiger partial charge is 0.337 e. The molecule has 8 heteroatoms. The lowest BCUT2D eigenvalue weighted by Crippen LogP contribution is -2.27. The number of rotatable bonds is 5. The van der Waals surface area contributed by atoms with Crippen LogP contribution in [0.15, 0.2) is 68.5 Å². The molecule has 0 aliphatic rings. The molecule has 1 heterocycles.